The molecule has 5 nitrogen and oxygen atoms in total. The van der Waals surface area contributed by atoms with E-state index in [0.29, 0.717) is 22.5 Å². The van der Waals surface area contributed by atoms with E-state index in [-0.39, 0.29) is 0 Å². The molecule has 1 aromatic heterocycles. The Bertz CT molecular complexity index is 781. The topological polar surface area (TPSA) is 77.6 Å². The standard InChI is InChI=1S/C20H20N2O3/c1-24-17-8-3-14(4-9-17)20(23,16-7-12-19(21)22-13-16)15-5-10-18(25-2)11-6-15/h3-13,23H,1-2H3,(H2,21,22). The largest absolute Gasteiger partial charge is 0.497 e. The molecule has 5 heteroatoms. The van der Waals surface area contributed by atoms with Gasteiger partial charge in [0.25, 0.3) is 0 Å². The number of hydrogen-bond donors (Lipinski definition) is 2. The summed E-state index contributed by atoms with van der Waals surface area (Å²) in [5.41, 5.74) is 6.34. The summed E-state index contributed by atoms with van der Waals surface area (Å²) in [6.45, 7) is 0. The summed E-state index contributed by atoms with van der Waals surface area (Å²) in [6, 6.07) is 18.0. The molecule has 128 valence electrons. The molecule has 0 saturated carbocycles. The Morgan fingerprint density at radius 1 is 0.760 bits per heavy atom. The van der Waals surface area contributed by atoms with Crippen LogP contribution < -0.4 is 15.2 Å². The number of nitrogen functional groups attached to an aromatic ring is 1. The van der Waals surface area contributed by atoms with Crippen molar-refractivity contribution in [3.05, 3.63) is 83.6 Å². The number of pyridine rings is 1. The van der Waals surface area contributed by atoms with Crippen molar-refractivity contribution in [1.29, 1.82) is 0 Å². The zero-order valence-electron chi connectivity index (χ0n) is 14.1. The van der Waals surface area contributed by atoms with Crippen molar-refractivity contribution in [3.8, 4) is 11.5 Å². The summed E-state index contributed by atoms with van der Waals surface area (Å²) in [7, 11) is 3.21. The van der Waals surface area contributed by atoms with Gasteiger partial charge in [0.1, 0.15) is 22.9 Å². The zero-order chi connectivity index (χ0) is 17.9. The van der Waals surface area contributed by atoms with Gasteiger partial charge in [-0.1, -0.05) is 30.3 Å². The second kappa shape index (κ2) is 6.83. The van der Waals surface area contributed by atoms with Gasteiger partial charge in [-0.15, -0.1) is 0 Å². The molecule has 2 aromatic carbocycles. The molecule has 3 aromatic rings. The van der Waals surface area contributed by atoms with Crippen LogP contribution in [0.3, 0.4) is 0 Å². The van der Waals surface area contributed by atoms with Crippen LogP contribution in [0.1, 0.15) is 16.7 Å². The molecule has 3 rings (SSSR count). The van der Waals surface area contributed by atoms with E-state index >= 15 is 0 Å². The fraction of sp³-hybridized carbons (Fsp3) is 0.150. The Morgan fingerprint density at radius 2 is 1.20 bits per heavy atom. The Balaban J connectivity index is 2.16. The third kappa shape index (κ3) is 3.14. The van der Waals surface area contributed by atoms with Crippen molar-refractivity contribution in [2.24, 2.45) is 0 Å². The summed E-state index contributed by atoms with van der Waals surface area (Å²) >= 11 is 0. The molecule has 1 heterocycles. The first kappa shape index (κ1) is 16.8. The van der Waals surface area contributed by atoms with Gasteiger partial charge in [-0.05, 0) is 41.5 Å². The minimum absolute atomic E-state index is 0.399. The Morgan fingerprint density at radius 3 is 1.56 bits per heavy atom. The van der Waals surface area contributed by atoms with Gasteiger partial charge >= 0.3 is 0 Å². The van der Waals surface area contributed by atoms with E-state index in [1.54, 1.807) is 32.5 Å². The normalized spacial score (nSPS) is 11.2. The van der Waals surface area contributed by atoms with Gasteiger partial charge in [0.2, 0.25) is 0 Å². The first-order valence-electron chi connectivity index (χ1n) is 7.81. The van der Waals surface area contributed by atoms with Gasteiger partial charge in [-0.25, -0.2) is 4.98 Å². The molecule has 0 spiro atoms. The Kier molecular flexibility index (Phi) is 4.59. The minimum atomic E-state index is -1.38. The smallest absolute Gasteiger partial charge is 0.142 e. The summed E-state index contributed by atoms with van der Waals surface area (Å²) < 4.78 is 10.4. The van der Waals surface area contributed by atoms with Crippen LogP contribution in [-0.4, -0.2) is 24.3 Å². The van der Waals surface area contributed by atoms with Crippen LogP contribution in [0.5, 0.6) is 11.5 Å². The monoisotopic (exact) mass is 336 g/mol. The maximum Gasteiger partial charge on any atom is 0.142 e. The van der Waals surface area contributed by atoms with Crippen molar-refractivity contribution in [2.75, 3.05) is 20.0 Å². The number of anilines is 1. The van der Waals surface area contributed by atoms with Crippen LogP contribution in [0.2, 0.25) is 0 Å². The van der Waals surface area contributed by atoms with Gasteiger partial charge < -0.3 is 20.3 Å². The van der Waals surface area contributed by atoms with E-state index < -0.39 is 5.60 Å². The van der Waals surface area contributed by atoms with Crippen LogP contribution in [0, 0.1) is 0 Å². The van der Waals surface area contributed by atoms with Crippen molar-refractivity contribution in [3.63, 3.8) is 0 Å². The van der Waals surface area contributed by atoms with E-state index in [0.717, 1.165) is 11.5 Å². The molecule has 0 amide bonds. The van der Waals surface area contributed by atoms with E-state index in [2.05, 4.69) is 4.98 Å². The number of nitrogens with zero attached hydrogens (tertiary/aromatic N) is 1. The minimum Gasteiger partial charge on any atom is -0.497 e. The number of aromatic nitrogens is 1. The van der Waals surface area contributed by atoms with Gasteiger partial charge in [-0.3, -0.25) is 0 Å². The number of nitrogens with two attached hydrogens (primary N) is 1. The quantitative estimate of drug-likeness (QED) is 0.749. The van der Waals surface area contributed by atoms with Gasteiger partial charge in [0, 0.05) is 11.8 Å². The van der Waals surface area contributed by atoms with E-state index in [1.165, 1.54) is 0 Å². The highest BCUT2D eigenvalue weighted by Gasteiger charge is 2.34. The highest BCUT2D eigenvalue weighted by molar-refractivity contribution is 5.49. The summed E-state index contributed by atoms with van der Waals surface area (Å²) in [6.07, 6.45) is 1.59. The fourth-order valence-electron chi connectivity index (χ4n) is 2.78. The van der Waals surface area contributed by atoms with Crippen molar-refractivity contribution in [1.82, 2.24) is 4.98 Å². The maximum absolute atomic E-state index is 11.7. The van der Waals surface area contributed by atoms with Crippen LogP contribution in [-0.2, 0) is 5.60 Å². The molecule has 0 unspecified atom stereocenters. The first-order chi connectivity index (χ1) is 12.1. The molecule has 0 bridgehead atoms. The van der Waals surface area contributed by atoms with Crippen LogP contribution >= 0.6 is 0 Å². The molecule has 0 saturated heterocycles. The third-order valence-corrected chi connectivity index (χ3v) is 4.22. The average molecular weight is 336 g/mol. The maximum atomic E-state index is 11.7. The van der Waals surface area contributed by atoms with Gasteiger partial charge in [0.05, 0.1) is 14.2 Å². The first-order valence-corrected chi connectivity index (χ1v) is 7.81. The summed E-state index contributed by atoms with van der Waals surface area (Å²) in [5, 5.41) is 11.7. The molecule has 3 N–H and O–H groups in total. The van der Waals surface area contributed by atoms with Crippen molar-refractivity contribution >= 4 is 5.82 Å². The lowest BCUT2D eigenvalue weighted by molar-refractivity contribution is 0.125. The molecule has 0 aliphatic rings. The predicted molar refractivity (Wildman–Crippen MR) is 96.7 cm³/mol. The lowest BCUT2D eigenvalue weighted by Crippen LogP contribution is -2.29. The molecular formula is C20H20N2O3. The number of methoxy groups -OCH3 is 2. The van der Waals surface area contributed by atoms with Crippen molar-refractivity contribution in [2.45, 2.75) is 5.60 Å². The highest BCUT2D eigenvalue weighted by atomic mass is 16.5. The zero-order valence-corrected chi connectivity index (χ0v) is 14.1. The molecule has 25 heavy (non-hydrogen) atoms. The highest BCUT2D eigenvalue weighted by Crippen LogP contribution is 2.37. The number of aliphatic hydroxyl groups is 1. The van der Waals surface area contributed by atoms with Crippen molar-refractivity contribution < 1.29 is 14.6 Å². The second-order valence-corrected chi connectivity index (χ2v) is 5.64. The molecule has 0 atom stereocenters. The number of rotatable bonds is 5. The number of ether oxygens (including phenoxy) is 2. The Hall–Kier alpha value is -3.05. The Labute approximate surface area is 146 Å². The lowest BCUT2D eigenvalue weighted by Gasteiger charge is -2.30. The second-order valence-electron chi connectivity index (χ2n) is 5.64. The predicted octanol–water partition coefficient (Wildman–Crippen LogP) is 2.97. The molecule has 0 aliphatic heterocycles. The molecule has 0 radical (unpaired) electrons. The average Bonchev–Trinajstić information content (AvgIpc) is 2.68. The SMILES string of the molecule is COc1ccc(C(O)(c2ccc(OC)cc2)c2ccc(N)nc2)cc1. The molecule has 0 aliphatic carbocycles. The summed E-state index contributed by atoms with van der Waals surface area (Å²) in [5.74, 6) is 1.84. The molecule has 0 fully saturated rings. The fourth-order valence-corrected chi connectivity index (χ4v) is 2.78. The molecular weight excluding hydrogens is 316 g/mol. The van der Waals surface area contributed by atoms with Crippen LogP contribution in [0.15, 0.2) is 66.9 Å². The summed E-state index contributed by atoms with van der Waals surface area (Å²) in [4.78, 5) is 4.13. The van der Waals surface area contributed by atoms with E-state index in [9.17, 15) is 5.11 Å². The van der Waals surface area contributed by atoms with Crippen LogP contribution in [0.4, 0.5) is 5.82 Å². The van der Waals surface area contributed by atoms with Gasteiger partial charge in [0.15, 0.2) is 0 Å². The van der Waals surface area contributed by atoms with E-state index in [1.807, 2.05) is 48.5 Å². The van der Waals surface area contributed by atoms with E-state index in [4.69, 9.17) is 15.2 Å². The third-order valence-electron chi connectivity index (χ3n) is 4.22. The van der Waals surface area contributed by atoms with Gasteiger partial charge in [-0.2, -0.15) is 0 Å². The number of hydrogen-bond acceptors (Lipinski definition) is 5. The van der Waals surface area contributed by atoms with Crippen LogP contribution in [0.25, 0.3) is 0 Å². The number of benzene rings is 2. The lowest BCUT2D eigenvalue weighted by atomic mass is 9.81.